The molecule has 0 aliphatic rings. The summed E-state index contributed by atoms with van der Waals surface area (Å²) in [5.41, 5.74) is 0.947. The van der Waals surface area contributed by atoms with Crippen molar-refractivity contribution in [3.8, 4) is 5.75 Å². The normalized spacial score (nSPS) is 10.5. The van der Waals surface area contributed by atoms with E-state index >= 15 is 0 Å². The maximum Gasteiger partial charge on any atom is 0.318 e. The van der Waals surface area contributed by atoms with Crippen molar-refractivity contribution in [1.82, 2.24) is 19.8 Å². The molecule has 1 heterocycles. The fraction of sp³-hybridized carbons (Fsp3) is 0.412. The second-order valence-electron chi connectivity index (χ2n) is 5.34. The van der Waals surface area contributed by atoms with Gasteiger partial charge in [0, 0.05) is 38.7 Å². The van der Waals surface area contributed by atoms with Crippen molar-refractivity contribution in [1.29, 1.82) is 0 Å². The van der Waals surface area contributed by atoms with Crippen molar-refractivity contribution in [3.63, 3.8) is 0 Å². The maximum atomic E-state index is 12.5. The number of hydrogen-bond donors (Lipinski definition) is 1. The Morgan fingerprint density at radius 1 is 1.33 bits per heavy atom. The molecule has 0 aliphatic carbocycles. The van der Waals surface area contributed by atoms with E-state index in [-0.39, 0.29) is 6.03 Å². The van der Waals surface area contributed by atoms with E-state index in [2.05, 4.69) is 10.3 Å². The molecule has 7 heteroatoms. The van der Waals surface area contributed by atoms with Crippen LogP contribution in [0.2, 0.25) is 0 Å². The van der Waals surface area contributed by atoms with Crippen LogP contribution in [0.1, 0.15) is 11.4 Å². The number of imidazole rings is 1. The van der Waals surface area contributed by atoms with Crippen LogP contribution in [0.3, 0.4) is 0 Å². The molecule has 1 aromatic carbocycles. The molecule has 0 bridgehead atoms. The molecule has 24 heavy (non-hydrogen) atoms. The van der Waals surface area contributed by atoms with Gasteiger partial charge in [-0.1, -0.05) is 18.2 Å². The number of aromatic nitrogens is 2. The highest BCUT2D eigenvalue weighted by Crippen LogP contribution is 2.19. The van der Waals surface area contributed by atoms with Crippen LogP contribution in [0.25, 0.3) is 0 Å². The number of methoxy groups -OCH3 is 2. The summed E-state index contributed by atoms with van der Waals surface area (Å²) < 4.78 is 12.4. The summed E-state index contributed by atoms with van der Waals surface area (Å²) in [6.45, 7) is 1.77. The largest absolute Gasteiger partial charge is 0.496 e. The Labute approximate surface area is 142 Å². The van der Waals surface area contributed by atoms with Gasteiger partial charge in [0.1, 0.15) is 11.6 Å². The van der Waals surface area contributed by atoms with Gasteiger partial charge in [-0.15, -0.1) is 0 Å². The molecular weight excluding hydrogens is 308 g/mol. The highest BCUT2D eigenvalue weighted by atomic mass is 16.5. The van der Waals surface area contributed by atoms with E-state index in [1.807, 2.05) is 42.1 Å². The Kier molecular flexibility index (Phi) is 6.62. The Morgan fingerprint density at radius 3 is 2.79 bits per heavy atom. The number of urea groups is 1. The average Bonchev–Trinajstić information content (AvgIpc) is 3.01. The zero-order valence-electron chi connectivity index (χ0n) is 14.4. The number of ether oxygens (including phenoxy) is 2. The predicted octanol–water partition coefficient (Wildman–Crippen LogP) is 1.79. The van der Waals surface area contributed by atoms with Crippen molar-refractivity contribution in [2.24, 2.45) is 7.05 Å². The fourth-order valence-corrected chi connectivity index (χ4v) is 2.33. The monoisotopic (exact) mass is 332 g/mol. The number of carbonyl (C=O) groups excluding carboxylic acids is 1. The SMILES string of the molecule is COCCN(Cc1ccccc1OC)C(=O)NCc1nccn1C. The van der Waals surface area contributed by atoms with Gasteiger partial charge < -0.3 is 24.3 Å². The summed E-state index contributed by atoms with van der Waals surface area (Å²) in [5.74, 6) is 1.56. The molecule has 0 aliphatic heterocycles. The summed E-state index contributed by atoms with van der Waals surface area (Å²) in [5, 5.41) is 2.90. The number of nitrogens with one attached hydrogen (secondary N) is 1. The molecule has 2 rings (SSSR count). The number of para-hydroxylation sites is 1. The van der Waals surface area contributed by atoms with E-state index in [1.165, 1.54) is 0 Å². The molecule has 2 amide bonds. The van der Waals surface area contributed by atoms with Crippen LogP contribution in [0.4, 0.5) is 4.79 Å². The summed E-state index contributed by atoms with van der Waals surface area (Å²) >= 11 is 0. The number of benzene rings is 1. The molecule has 2 aromatic rings. The molecule has 130 valence electrons. The van der Waals surface area contributed by atoms with Crippen molar-refractivity contribution >= 4 is 6.03 Å². The quantitative estimate of drug-likeness (QED) is 0.800. The second-order valence-corrected chi connectivity index (χ2v) is 5.34. The lowest BCUT2D eigenvalue weighted by Crippen LogP contribution is -2.41. The fourth-order valence-electron chi connectivity index (χ4n) is 2.33. The number of amides is 2. The number of hydrogen-bond acceptors (Lipinski definition) is 4. The molecular formula is C17H24N4O3. The first kappa shape index (κ1) is 17.8. The Balaban J connectivity index is 2.03. The van der Waals surface area contributed by atoms with Crippen molar-refractivity contribution < 1.29 is 14.3 Å². The molecule has 1 N–H and O–H groups in total. The second kappa shape index (κ2) is 8.93. The molecule has 0 fully saturated rings. The van der Waals surface area contributed by atoms with E-state index in [4.69, 9.17) is 9.47 Å². The Morgan fingerprint density at radius 2 is 2.12 bits per heavy atom. The van der Waals surface area contributed by atoms with E-state index < -0.39 is 0 Å². The van der Waals surface area contributed by atoms with E-state index in [9.17, 15) is 4.79 Å². The van der Waals surface area contributed by atoms with E-state index in [0.717, 1.165) is 17.1 Å². The van der Waals surface area contributed by atoms with Crippen LogP contribution in [0, 0.1) is 0 Å². The van der Waals surface area contributed by atoms with Gasteiger partial charge in [0.05, 0.1) is 26.8 Å². The number of carbonyl (C=O) groups is 1. The minimum Gasteiger partial charge on any atom is -0.496 e. The van der Waals surface area contributed by atoms with Crippen LogP contribution in [0.15, 0.2) is 36.7 Å². The van der Waals surface area contributed by atoms with Crippen molar-refractivity contribution in [2.75, 3.05) is 27.4 Å². The maximum absolute atomic E-state index is 12.5. The van der Waals surface area contributed by atoms with Crippen LogP contribution in [0.5, 0.6) is 5.75 Å². The van der Waals surface area contributed by atoms with Gasteiger partial charge in [-0.25, -0.2) is 9.78 Å². The summed E-state index contributed by atoms with van der Waals surface area (Å²) in [6, 6.07) is 7.50. The molecule has 1 aromatic heterocycles. The lowest BCUT2D eigenvalue weighted by Gasteiger charge is -2.23. The first-order valence-electron chi connectivity index (χ1n) is 7.75. The van der Waals surface area contributed by atoms with Gasteiger partial charge in [0.25, 0.3) is 0 Å². The van der Waals surface area contributed by atoms with Crippen LogP contribution >= 0.6 is 0 Å². The van der Waals surface area contributed by atoms with Gasteiger partial charge in [0.2, 0.25) is 0 Å². The lowest BCUT2D eigenvalue weighted by atomic mass is 10.2. The minimum atomic E-state index is -0.166. The highest BCUT2D eigenvalue weighted by molar-refractivity contribution is 5.74. The van der Waals surface area contributed by atoms with Gasteiger partial charge >= 0.3 is 6.03 Å². The lowest BCUT2D eigenvalue weighted by molar-refractivity contribution is 0.145. The topological polar surface area (TPSA) is 68.6 Å². The number of nitrogens with zero attached hydrogens (tertiary/aromatic N) is 3. The zero-order chi connectivity index (χ0) is 17.4. The first-order valence-corrected chi connectivity index (χ1v) is 7.75. The summed E-state index contributed by atoms with van der Waals surface area (Å²) in [4.78, 5) is 18.4. The molecule has 0 saturated carbocycles. The molecule has 7 nitrogen and oxygen atoms in total. The van der Waals surface area contributed by atoms with Crippen LogP contribution in [-0.4, -0.2) is 47.9 Å². The van der Waals surface area contributed by atoms with E-state index in [1.54, 1.807) is 25.3 Å². The Bertz CT molecular complexity index is 657. The molecule has 0 saturated heterocycles. The molecule has 0 spiro atoms. The van der Waals surface area contributed by atoms with Crippen LogP contribution in [-0.2, 0) is 24.9 Å². The zero-order valence-corrected chi connectivity index (χ0v) is 14.4. The first-order chi connectivity index (χ1) is 11.7. The predicted molar refractivity (Wildman–Crippen MR) is 90.7 cm³/mol. The smallest absolute Gasteiger partial charge is 0.318 e. The van der Waals surface area contributed by atoms with Crippen molar-refractivity contribution in [3.05, 3.63) is 48.0 Å². The third-order valence-electron chi connectivity index (χ3n) is 3.72. The van der Waals surface area contributed by atoms with Crippen LogP contribution < -0.4 is 10.1 Å². The summed E-state index contributed by atoms with van der Waals surface area (Å²) in [6.07, 6.45) is 3.55. The molecule has 0 radical (unpaired) electrons. The van der Waals surface area contributed by atoms with Crippen molar-refractivity contribution in [2.45, 2.75) is 13.1 Å². The van der Waals surface area contributed by atoms with Gasteiger partial charge in [-0.3, -0.25) is 0 Å². The standard InChI is InChI=1S/C17H24N4O3/c1-20-9-8-18-16(20)12-19-17(22)21(10-11-23-2)13-14-6-4-5-7-15(14)24-3/h4-9H,10-13H2,1-3H3,(H,19,22). The number of aryl methyl sites for hydroxylation is 1. The minimum absolute atomic E-state index is 0.166. The van der Waals surface area contributed by atoms with Gasteiger partial charge in [0.15, 0.2) is 0 Å². The third kappa shape index (κ3) is 4.73. The molecule has 0 unspecified atom stereocenters. The van der Waals surface area contributed by atoms with Gasteiger partial charge in [-0.2, -0.15) is 0 Å². The van der Waals surface area contributed by atoms with E-state index in [0.29, 0.717) is 26.2 Å². The Hall–Kier alpha value is -2.54. The third-order valence-corrected chi connectivity index (χ3v) is 3.72. The average molecular weight is 332 g/mol. The molecule has 0 atom stereocenters. The number of rotatable bonds is 8. The highest BCUT2D eigenvalue weighted by Gasteiger charge is 2.16. The summed E-state index contributed by atoms with van der Waals surface area (Å²) in [7, 11) is 5.14. The van der Waals surface area contributed by atoms with Gasteiger partial charge in [-0.05, 0) is 6.07 Å².